The van der Waals surface area contributed by atoms with Crippen LogP contribution in [0.5, 0.6) is 0 Å². The molecule has 0 aliphatic heterocycles. The SMILES string of the molecule is CC(NCCn1ccnc1)C1(C)CC1. The molecule has 0 aromatic carbocycles. The van der Waals surface area contributed by atoms with Crippen LogP contribution in [-0.4, -0.2) is 22.1 Å². The average Bonchev–Trinajstić information content (AvgIpc) is 2.73. The zero-order valence-corrected chi connectivity index (χ0v) is 9.03. The van der Waals surface area contributed by atoms with Gasteiger partial charge >= 0.3 is 0 Å². The second kappa shape index (κ2) is 3.73. The molecule has 0 radical (unpaired) electrons. The molecule has 1 aliphatic carbocycles. The van der Waals surface area contributed by atoms with Crippen molar-refractivity contribution in [2.24, 2.45) is 5.41 Å². The van der Waals surface area contributed by atoms with Crippen LogP contribution in [0.4, 0.5) is 0 Å². The zero-order chi connectivity index (χ0) is 10.0. The van der Waals surface area contributed by atoms with Crippen LogP contribution >= 0.6 is 0 Å². The minimum absolute atomic E-state index is 0.578. The Morgan fingerprint density at radius 3 is 2.93 bits per heavy atom. The van der Waals surface area contributed by atoms with Crippen LogP contribution in [-0.2, 0) is 6.54 Å². The number of nitrogens with zero attached hydrogens (tertiary/aromatic N) is 2. The van der Waals surface area contributed by atoms with Gasteiger partial charge in [0.05, 0.1) is 6.33 Å². The lowest BCUT2D eigenvalue weighted by molar-refractivity contribution is 0.374. The molecule has 1 aliphatic rings. The summed E-state index contributed by atoms with van der Waals surface area (Å²) in [6.45, 7) is 6.70. The third-order valence-electron chi connectivity index (χ3n) is 3.46. The number of hydrogen-bond donors (Lipinski definition) is 1. The zero-order valence-electron chi connectivity index (χ0n) is 9.03. The molecule has 1 saturated carbocycles. The summed E-state index contributed by atoms with van der Waals surface area (Å²) < 4.78 is 2.11. The van der Waals surface area contributed by atoms with Gasteiger partial charge in [-0.05, 0) is 25.2 Å². The molecule has 1 aromatic rings. The lowest BCUT2D eigenvalue weighted by atomic mass is 10.0. The van der Waals surface area contributed by atoms with Crippen molar-refractivity contribution in [1.29, 1.82) is 0 Å². The Labute approximate surface area is 85.5 Å². The Balaban J connectivity index is 1.68. The average molecular weight is 193 g/mol. The molecule has 78 valence electrons. The lowest BCUT2D eigenvalue weighted by Gasteiger charge is -2.20. The first kappa shape index (κ1) is 9.71. The van der Waals surface area contributed by atoms with Crippen molar-refractivity contribution in [1.82, 2.24) is 14.9 Å². The van der Waals surface area contributed by atoms with E-state index in [2.05, 4.69) is 28.7 Å². The molecule has 0 saturated heterocycles. The van der Waals surface area contributed by atoms with Gasteiger partial charge in [-0.1, -0.05) is 6.92 Å². The fourth-order valence-electron chi connectivity index (χ4n) is 1.71. The molecule has 14 heavy (non-hydrogen) atoms. The Morgan fingerprint density at radius 1 is 1.57 bits per heavy atom. The summed E-state index contributed by atoms with van der Waals surface area (Å²) in [7, 11) is 0. The molecule has 0 bridgehead atoms. The summed E-state index contributed by atoms with van der Waals surface area (Å²) >= 11 is 0. The highest BCUT2D eigenvalue weighted by Crippen LogP contribution is 2.47. The second-order valence-corrected chi connectivity index (χ2v) is 4.63. The number of imidazole rings is 1. The van der Waals surface area contributed by atoms with Gasteiger partial charge in [-0.25, -0.2) is 4.98 Å². The van der Waals surface area contributed by atoms with Crippen molar-refractivity contribution >= 4 is 0 Å². The van der Waals surface area contributed by atoms with Crippen molar-refractivity contribution in [3.8, 4) is 0 Å². The number of aromatic nitrogens is 2. The molecule has 1 unspecified atom stereocenters. The number of hydrogen-bond acceptors (Lipinski definition) is 2. The van der Waals surface area contributed by atoms with E-state index < -0.39 is 0 Å². The summed E-state index contributed by atoms with van der Waals surface area (Å²) in [5, 5.41) is 3.57. The van der Waals surface area contributed by atoms with E-state index in [4.69, 9.17) is 0 Å². The first-order valence-electron chi connectivity index (χ1n) is 5.40. The first-order valence-corrected chi connectivity index (χ1v) is 5.40. The molecule has 1 heterocycles. The lowest BCUT2D eigenvalue weighted by Crippen LogP contribution is -2.35. The molecule has 1 N–H and O–H groups in total. The Kier molecular flexibility index (Phi) is 2.59. The molecule has 3 heteroatoms. The second-order valence-electron chi connectivity index (χ2n) is 4.63. The summed E-state index contributed by atoms with van der Waals surface area (Å²) in [4.78, 5) is 4.02. The van der Waals surface area contributed by atoms with E-state index in [0.717, 1.165) is 13.1 Å². The maximum Gasteiger partial charge on any atom is 0.0946 e. The van der Waals surface area contributed by atoms with Crippen LogP contribution in [0, 0.1) is 5.41 Å². The maximum absolute atomic E-state index is 4.02. The maximum atomic E-state index is 4.02. The highest BCUT2D eigenvalue weighted by molar-refractivity contribution is 4.96. The predicted molar refractivity (Wildman–Crippen MR) is 57.0 cm³/mol. The van der Waals surface area contributed by atoms with Crippen LogP contribution in [0.2, 0.25) is 0 Å². The van der Waals surface area contributed by atoms with Crippen molar-refractivity contribution in [3.63, 3.8) is 0 Å². The highest BCUT2D eigenvalue weighted by atomic mass is 15.1. The minimum Gasteiger partial charge on any atom is -0.336 e. The minimum atomic E-state index is 0.578. The van der Waals surface area contributed by atoms with Crippen LogP contribution in [0.3, 0.4) is 0 Å². The van der Waals surface area contributed by atoms with Crippen LogP contribution in [0.25, 0.3) is 0 Å². The van der Waals surface area contributed by atoms with Crippen molar-refractivity contribution in [3.05, 3.63) is 18.7 Å². The number of nitrogens with one attached hydrogen (secondary N) is 1. The summed E-state index contributed by atoms with van der Waals surface area (Å²) in [6.07, 6.45) is 8.46. The first-order chi connectivity index (χ1) is 6.71. The quantitative estimate of drug-likeness (QED) is 0.770. The fourth-order valence-corrected chi connectivity index (χ4v) is 1.71. The van der Waals surface area contributed by atoms with E-state index in [1.54, 1.807) is 0 Å². The normalized spacial score (nSPS) is 20.7. The third-order valence-corrected chi connectivity index (χ3v) is 3.46. The smallest absolute Gasteiger partial charge is 0.0946 e. The predicted octanol–water partition coefficient (Wildman–Crippen LogP) is 1.66. The van der Waals surface area contributed by atoms with Gasteiger partial charge in [-0.15, -0.1) is 0 Å². The molecule has 1 fully saturated rings. The van der Waals surface area contributed by atoms with E-state index in [1.807, 2.05) is 18.7 Å². The Hall–Kier alpha value is -0.830. The van der Waals surface area contributed by atoms with Crippen LogP contribution in [0.1, 0.15) is 26.7 Å². The summed E-state index contributed by atoms with van der Waals surface area (Å²) in [5.74, 6) is 0. The van der Waals surface area contributed by atoms with E-state index in [1.165, 1.54) is 12.8 Å². The van der Waals surface area contributed by atoms with Gasteiger partial charge < -0.3 is 9.88 Å². The van der Waals surface area contributed by atoms with Gasteiger partial charge in [-0.2, -0.15) is 0 Å². The highest BCUT2D eigenvalue weighted by Gasteiger charge is 2.41. The topological polar surface area (TPSA) is 29.9 Å². The van der Waals surface area contributed by atoms with Gasteiger partial charge in [0, 0.05) is 31.5 Å². The largest absolute Gasteiger partial charge is 0.336 e. The van der Waals surface area contributed by atoms with E-state index in [9.17, 15) is 0 Å². The monoisotopic (exact) mass is 193 g/mol. The molecule has 0 amide bonds. The van der Waals surface area contributed by atoms with Crippen LogP contribution in [0.15, 0.2) is 18.7 Å². The standard InChI is InChI=1S/C11H19N3/c1-10(11(2)3-4-11)13-6-8-14-7-5-12-9-14/h5,7,9-10,13H,3-4,6,8H2,1-2H3. The summed E-state index contributed by atoms with van der Waals surface area (Å²) in [6, 6.07) is 0.644. The van der Waals surface area contributed by atoms with E-state index in [-0.39, 0.29) is 0 Å². The molecular formula is C11H19N3. The Morgan fingerprint density at radius 2 is 2.36 bits per heavy atom. The van der Waals surface area contributed by atoms with Gasteiger partial charge in [0.25, 0.3) is 0 Å². The molecule has 1 atom stereocenters. The van der Waals surface area contributed by atoms with Gasteiger partial charge in [-0.3, -0.25) is 0 Å². The van der Waals surface area contributed by atoms with Gasteiger partial charge in [0.15, 0.2) is 0 Å². The van der Waals surface area contributed by atoms with Gasteiger partial charge in [0.2, 0.25) is 0 Å². The van der Waals surface area contributed by atoms with Crippen LogP contribution < -0.4 is 5.32 Å². The molecule has 2 rings (SSSR count). The van der Waals surface area contributed by atoms with E-state index in [0.29, 0.717) is 11.5 Å². The third kappa shape index (κ3) is 2.15. The van der Waals surface area contributed by atoms with Gasteiger partial charge in [0.1, 0.15) is 0 Å². The van der Waals surface area contributed by atoms with Crippen molar-refractivity contribution in [2.75, 3.05) is 6.54 Å². The number of rotatable bonds is 5. The molecule has 3 nitrogen and oxygen atoms in total. The van der Waals surface area contributed by atoms with Crippen molar-refractivity contribution in [2.45, 2.75) is 39.3 Å². The van der Waals surface area contributed by atoms with Crippen molar-refractivity contribution < 1.29 is 0 Å². The van der Waals surface area contributed by atoms with E-state index >= 15 is 0 Å². The molecular weight excluding hydrogens is 174 g/mol. The summed E-state index contributed by atoms with van der Waals surface area (Å²) in [5.41, 5.74) is 0.578. The molecule has 0 spiro atoms. The fraction of sp³-hybridized carbons (Fsp3) is 0.727. The molecule has 1 aromatic heterocycles. The Bertz CT molecular complexity index is 275.